The first kappa shape index (κ1) is 13.3. The van der Waals surface area contributed by atoms with Gasteiger partial charge in [0.15, 0.2) is 4.77 Å². The van der Waals surface area contributed by atoms with Crippen LogP contribution in [0.2, 0.25) is 0 Å². The minimum atomic E-state index is -0.481. The van der Waals surface area contributed by atoms with Crippen LogP contribution in [0.3, 0.4) is 0 Å². The van der Waals surface area contributed by atoms with Crippen molar-refractivity contribution in [2.45, 2.75) is 18.9 Å². The van der Waals surface area contributed by atoms with Crippen LogP contribution in [0.5, 0.6) is 0 Å². The van der Waals surface area contributed by atoms with E-state index in [9.17, 15) is 9.18 Å². The van der Waals surface area contributed by atoms with Crippen LogP contribution in [0.15, 0.2) is 12.1 Å². The number of benzene rings is 1. The van der Waals surface area contributed by atoms with Crippen molar-refractivity contribution in [3.05, 3.63) is 28.3 Å². The molecule has 0 aliphatic carbocycles. The zero-order valence-electron chi connectivity index (χ0n) is 10.7. The van der Waals surface area contributed by atoms with Crippen LogP contribution in [0, 0.1) is 10.6 Å². The second-order valence-corrected chi connectivity index (χ2v) is 5.21. The molecule has 1 aliphatic heterocycles. The van der Waals surface area contributed by atoms with E-state index >= 15 is 0 Å². The van der Waals surface area contributed by atoms with Gasteiger partial charge in [-0.3, -0.25) is 4.79 Å². The molecule has 1 amide bonds. The Labute approximate surface area is 119 Å². The molecule has 0 bridgehead atoms. The molecule has 3 rings (SSSR count). The summed E-state index contributed by atoms with van der Waals surface area (Å²) in [7, 11) is 0. The van der Waals surface area contributed by atoms with Crippen molar-refractivity contribution >= 4 is 29.2 Å². The molecular formula is C13H14FN3O2S. The number of nitrogens with one attached hydrogen (secondary N) is 3. The van der Waals surface area contributed by atoms with Crippen LogP contribution in [-0.2, 0) is 4.74 Å². The first-order chi connectivity index (χ1) is 9.63. The van der Waals surface area contributed by atoms with Gasteiger partial charge in [0, 0.05) is 13.2 Å². The second kappa shape index (κ2) is 5.34. The molecule has 3 N–H and O–H groups in total. The molecule has 1 aliphatic rings. The monoisotopic (exact) mass is 295 g/mol. The Bertz CT molecular complexity index is 703. The number of aromatic nitrogens is 2. The Morgan fingerprint density at radius 2 is 2.35 bits per heavy atom. The largest absolute Gasteiger partial charge is 0.376 e. The van der Waals surface area contributed by atoms with E-state index in [2.05, 4.69) is 15.3 Å². The van der Waals surface area contributed by atoms with Gasteiger partial charge < -0.3 is 20.0 Å². The molecule has 7 heteroatoms. The van der Waals surface area contributed by atoms with Crippen LogP contribution in [0.1, 0.15) is 23.2 Å². The number of hydrogen-bond donors (Lipinski definition) is 3. The summed E-state index contributed by atoms with van der Waals surface area (Å²) in [5.74, 6) is -0.819. The molecule has 5 nitrogen and oxygen atoms in total. The highest BCUT2D eigenvalue weighted by molar-refractivity contribution is 7.71. The third-order valence-electron chi connectivity index (χ3n) is 3.35. The summed E-state index contributed by atoms with van der Waals surface area (Å²) < 4.78 is 19.3. The number of ether oxygens (including phenoxy) is 1. The van der Waals surface area contributed by atoms with Gasteiger partial charge in [-0.1, -0.05) is 0 Å². The van der Waals surface area contributed by atoms with Gasteiger partial charge >= 0.3 is 0 Å². The molecule has 1 aromatic carbocycles. The van der Waals surface area contributed by atoms with Crippen molar-refractivity contribution in [3.63, 3.8) is 0 Å². The van der Waals surface area contributed by atoms with Crippen LogP contribution >= 0.6 is 12.2 Å². The molecule has 1 fully saturated rings. The fourth-order valence-corrected chi connectivity index (χ4v) is 2.61. The Kier molecular flexibility index (Phi) is 3.54. The standard InChI is InChI=1S/C13H14FN3O2S/c14-7-4-9(11-10(5-7)16-13(20)17-11)12(18)15-6-8-2-1-3-19-8/h4-5,8H,1-3,6H2,(H,15,18)(H2,16,17,20). The second-order valence-electron chi connectivity index (χ2n) is 4.80. The van der Waals surface area contributed by atoms with Gasteiger partial charge in [-0.15, -0.1) is 0 Å². The van der Waals surface area contributed by atoms with Gasteiger partial charge in [0.25, 0.3) is 5.91 Å². The van der Waals surface area contributed by atoms with Crippen LogP contribution in [0.25, 0.3) is 11.0 Å². The molecule has 1 saturated heterocycles. The molecular weight excluding hydrogens is 281 g/mol. The first-order valence-electron chi connectivity index (χ1n) is 6.45. The lowest BCUT2D eigenvalue weighted by Crippen LogP contribution is -2.32. The zero-order chi connectivity index (χ0) is 14.1. The summed E-state index contributed by atoms with van der Waals surface area (Å²) >= 11 is 4.97. The van der Waals surface area contributed by atoms with Crippen molar-refractivity contribution in [2.75, 3.05) is 13.2 Å². The van der Waals surface area contributed by atoms with Gasteiger partial charge in [-0.2, -0.15) is 0 Å². The van der Waals surface area contributed by atoms with E-state index in [0.717, 1.165) is 19.4 Å². The average molecular weight is 295 g/mol. The lowest BCUT2D eigenvalue weighted by Gasteiger charge is -2.11. The molecule has 0 saturated carbocycles. The number of hydrogen-bond acceptors (Lipinski definition) is 3. The van der Waals surface area contributed by atoms with Gasteiger partial charge in [-0.05, 0) is 37.2 Å². The Balaban J connectivity index is 1.84. The summed E-state index contributed by atoms with van der Waals surface area (Å²) in [5, 5.41) is 2.77. The van der Waals surface area contributed by atoms with E-state index in [1.165, 1.54) is 12.1 Å². The highest BCUT2D eigenvalue weighted by Gasteiger charge is 2.18. The summed E-state index contributed by atoms with van der Waals surface area (Å²) in [4.78, 5) is 17.8. The average Bonchev–Trinajstić information content (AvgIpc) is 3.03. The number of aromatic amines is 2. The predicted octanol–water partition coefficient (Wildman–Crippen LogP) is 2.27. The molecule has 2 aromatic rings. The van der Waals surface area contributed by atoms with Crippen LogP contribution in [0.4, 0.5) is 4.39 Å². The smallest absolute Gasteiger partial charge is 0.253 e. The van der Waals surface area contributed by atoms with E-state index in [1.807, 2.05) is 0 Å². The number of imidazole rings is 1. The molecule has 1 unspecified atom stereocenters. The number of carbonyl (C=O) groups is 1. The fraction of sp³-hybridized carbons (Fsp3) is 0.385. The van der Waals surface area contributed by atoms with E-state index < -0.39 is 5.82 Å². The number of fused-ring (bicyclic) bond motifs is 1. The number of amides is 1. The van der Waals surface area contributed by atoms with Crippen LogP contribution in [-0.4, -0.2) is 35.1 Å². The molecule has 20 heavy (non-hydrogen) atoms. The summed E-state index contributed by atoms with van der Waals surface area (Å²) in [6.45, 7) is 1.16. The quantitative estimate of drug-likeness (QED) is 0.761. The van der Waals surface area contributed by atoms with Gasteiger partial charge in [0.05, 0.1) is 22.7 Å². The van der Waals surface area contributed by atoms with E-state index in [-0.39, 0.29) is 17.6 Å². The third-order valence-corrected chi connectivity index (χ3v) is 3.55. The van der Waals surface area contributed by atoms with Gasteiger partial charge in [0.1, 0.15) is 5.82 Å². The van der Waals surface area contributed by atoms with E-state index in [0.29, 0.717) is 22.3 Å². The van der Waals surface area contributed by atoms with Gasteiger partial charge in [-0.25, -0.2) is 4.39 Å². The first-order valence-corrected chi connectivity index (χ1v) is 6.85. The Hall–Kier alpha value is -1.73. The fourth-order valence-electron chi connectivity index (χ4n) is 2.39. The van der Waals surface area contributed by atoms with Crippen LogP contribution < -0.4 is 5.32 Å². The van der Waals surface area contributed by atoms with E-state index in [1.54, 1.807) is 0 Å². The zero-order valence-corrected chi connectivity index (χ0v) is 11.5. The van der Waals surface area contributed by atoms with Gasteiger partial charge in [0.2, 0.25) is 0 Å². The Morgan fingerprint density at radius 3 is 3.10 bits per heavy atom. The maximum absolute atomic E-state index is 13.5. The van der Waals surface area contributed by atoms with E-state index in [4.69, 9.17) is 17.0 Å². The van der Waals surface area contributed by atoms with Crippen molar-refractivity contribution in [1.82, 2.24) is 15.3 Å². The molecule has 2 heterocycles. The highest BCUT2D eigenvalue weighted by Crippen LogP contribution is 2.18. The SMILES string of the molecule is O=C(NCC1CCCO1)c1cc(F)cc2[nH]c(=S)[nH]c12. The molecule has 0 radical (unpaired) electrons. The maximum atomic E-state index is 13.5. The lowest BCUT2D eigenvalue weighted by atomic mass is 10.1. The molecule has 0 spiro atoms. The Morgan fingerprint density at radius 1 is 1.50 bits per heavy atom. The number of rotatable bonds is 3. The minimum Gasteiger partial charge on any atom is -0.376 e. The van der Waals surface area contributed by atoms with Crippen molar-refractivity contribution < 1.29 is 13.9 Å². The van der Waals surface area contributed by atoms with Crippen molar-refractivity contribution in [1.29, 1.82) is 0 Å². The van der Waals surface area contributed by atoms with Crippen molar-refractivity contribution in [3.8, 4) is 0 Å². The maximum Gasteiger partial charge on any atom is 0.253 e. The predicted molar refractivity (Wildman–Crippen MR) is 74.7 cm³/mol. The molecule has 1 aromatic heterocycles. The number of carbonyl (C=O) groups excluding carboxylic acids is 1. The summed E-state index contributed by atoms with van der Waals surface area (Å²) in [6, 6.07) is 2.50. The number of H-pyrrole nitrogens is 2. The normalized spacial score (nSPS) is 18.6. The molecule has 106 valence electrons. The topological polar surface area (TPSA) is 69.9 Å². The minimum absolute atomic E-state index is 0.0488. The molecule has 1 atom stereocenters. The highest BCUT2D eigenvalue weighted by atomic mass is 32.1. The number of halogens is 1. The third kappa shape index (κ3) is 2.59. The summed E-state index contributed by atoms with van der Waals surface area (Å²) in [6.07, 6.45) is 1.99. The lowest BCUT2D eigenvalue weighted by molar-refractivity contribution is 0.0858. The summed E-state index contributed by atoms with van der Waals surface area (Å²) in [5.41, 5.74) is 1.24. The van der Waals surface area contributed by atoms with Crippen molar-refractivity contribution in [2.24, 2.45) is 0 Å².